The molecule has 3 aromatic rings. The average Bonchev–Trinajstić information content (AvgIpc) is 3.11. The number of amides is 1. The van der Waals surface area contributed by atoms with Crippen molar-refractivity contribution in [3.05, 3.63) is 57.6 Å². The first-order valence-corrected chi connectivity index (χ1v) is 9.73. The summed E-state index contributed by atoms with van der Waals surface area (Å²) in [6.45, 7) is 2.00. The van der Waals surface area contributed by atoms with E-state index in [1.165, 1.54) is 9.13 Å². The lowest BCUT2D eigenvalue weighted by atomic mass is 10.0. The molecule has 0 bridgehead atoms. The van der Waals surface area contributed by atoms with E-state index < -0.39 is 0 Å². The second-order valence-corrected chi connectivity index (χ2v) is 7.46. The molecule has 0 saturated carbocycles. The number of benzene rings is 2. The Hall–Kier alpha value is -1.73. The van der Waals surface area contributed by atoms with Crippen molar-refractivity contribution >= 4 is 45.5 Å². The molecule has 0 spiro atoms. The summed E-state index contributed by atoms with van der Waals surface area (Å²) in [5, 5.41) is 5.93. The van der Waals surface area contributed by atoms with E-state index in [0.29, 0.717) is 6.42 Å². The van der Waals surface area contributed by atoms with Gasteiger partial charge in [0.1, 0.15) is 5.01 Å². The van der Waals surface area contributed by atoms with Crippen molar-refractivity contribution in [3.63, 3.8) is 0 Å². The number of rotatable bonds is 5. The monoisotopic (exact) mass is 448 g/mol. The Morgan fingerprint density at radius 1 is 1.17 bits per heavy atom. The van der Waals surface area contributed by atoms with Gasteiger partial charge in [-0.1, -0.05) is 25.1 Å². The molecule has 2 aromatic carbocycles. The summed E-state index contributed by atoms with van der Waals surface area (Å²) in [6, 6.07) is 14.4. The third-order valence-corrected chi connectivity index (χ3v) is 5.37. The van der Waals surface area contributed by atoms with E-state index in [0.717, 1.165) is 28.2 Å². The van der Waals surface area contributed by atoms with Gasteiger partial charge in [-0.05, 0) is 64.4 Å². The highest BCUT2D eigenvalue weighted by atomic mass is 127. The van der Waals surface area contributed by atoms with E-state index in [2.05, 4.69) is 51.1 Å². The summed E-state index contributed by atoms with van der Waals surface area (Å²) in [6.07, 6.45) is 3.23. The zero-order valence-electron chi connectivity index (χ0n) is 13.3. The Morgan fingerprint density at radius 3 is 2.58 bits per heavy atom. The van der Waals surface area contributed by atoms with E-state index in [1.807, 2.05) is 42.8 Å². The average molecular weight is 448 g/mol. The zero-order chi connectivity index (χ0) is 16.9. The highest BCUT2D eigenvalue weighted by Crippen LogP contribution is 2.32. The van der Waals surface area contributed by atoms with Gasteiger partial charge in [0.25, 0.3) is 0 Å². The highest BCUT2D eigenvalue weighted by molar-refractivity contribution is 14.1. The fourth-order valence-corrected chi connectivity index (χ4v) is 3.71. The van der Waals surface area contributed by atoms with Crippen molar-refractivity contribution in [3.8, 4) is 21.7 Å². The van der Waals surface area contributed by atoms with Gasteiger partial charge >= 0.3 is 0 Å². The minimum Gasteiger partial charge on any atom is -0.326 e. The molecule has 0 aliphatic heterocycles. The van der Waals surface area contributed by atoms with Gasteiger partial charge in [-0.2, -0.15) is 0 Å². The van der Waals surface area contributed by atoms with Crippen LogP contribution >= 0.6 is 33.9 Å². The molecule has 0 aliphatic rings. The Bertz CT molecular complexity index is 829. The topological polar surface area (TPSA) is 42.0 Å². The van der Waals surface area contributed by atoms with Crippen molar-refractivity contribution < 1.29 is 4.79 Å². The summed E-state index contributed by atoms with van der Waals surface area (Å²) in [5.74, 6) is 0.0607. The van der Waals surface area contributed by atoms with Gasteiger partial charge in [0.15, 0.2) is 0 Å². The molecule has 24 heavy (non-hydrogen) atoms. The van der Waals surface area contributed by atoms with Gasteiger partial charge in [-0.3, -0.25) is 4.79 Å². The van der Waals surface area contributed by atoms with Crippen LogP contribution in [0, 0.1) is 3.57 Å². The maximum Gasteiger partial charge on any atom is 0.224 e. The van der Waals surface area contributed by atoms with Crippen molar-refractivity contribution in [2.45, 2.75) is 19.8 Å². The summed E-state index contributed by atoms with van der Waals surface area (Å²) in [7, 11) is 0. The number of nitrogens with zero attached hydrogens (tertiary/aromatic N) is 1. The van der Waals surface area contributed by atoms with Crippen LogP contribution in [0.4, 0.5) is 5.69 Å². The van der Waals surface area contributed by atoms with Crippen LogP contribution in [-0.2, 0) is 4.79 Å². The normalized spacial score (nSPS) is 10.6. The van der Waals surface area contributed by atoms with Crippen LogP contribution in [0.15, 0.2) is 54.0 Å². The second kappa shape index (κ2) is 7.90. The number of hydrogen-bond acceptors (Lipinski definition) is 3. The van der Waals surface area contributed by atoms with Crippen LogP contribution in [0.5, 0.6) is 0 Å². The number of hydrogen-bond donors (Lipinski definition) is 1. The molecule has 0 radical (unpaired) electrons. The maximum atomic E-state index is 11.7. The van der Waals surface area contributed by atoms with Crippen molar-refractivity contribution in [2.24, 2.45) is 0 Å². The predicted octanol–water partition coefficient (Wildman–Crippen LogP) is 5.82. The minimum atomic E-state index is 0.0607. The lowest BCUT2D eigenvalue weighted by Crippen LogP contribution is -2.10. The molecule has 0 aliphatic carbocycles. The number of anilines is 1. The SMILES string of the molecule is CCCC(=O)Nc1ccc(-c2cc(-c3nccs3)ccc2I)cc1. The fourth-order valence-electron chi connectivity index (χ4n) is 2.43. The summed E-state index contributed by atoms with van der Waals surface area (Å²) in [5.41, 5.74) is 4.27. The van der Waals surface area contributed by atoms with Crippen LogP contribution in [0.3, 0.4) is 0 Å². The van der Waals surface area contributed by atoms with E-state index in [1.54, 1.807) is 11.3 Å². The molecule has 1 N–H and O–H groups in total. The first-order chi connectivity index (χ1) is 11.7. The van der Waals surface area contributed by atoms with Gasteiger partial charge < -0.3 is 5.32 Å². The number of halogens is 1. The molecular formula is C19H17IN2OS. The third kappa shape index (κ3) is 4.02. The van der Waals surface area contributed by atoms with E-state index in [-0.39, 0.29) is 5.91 Å². The molecule has 3 nitrogen and oxygen atoms in total. The Labute approximate surface area is 159 Å². The summed E-state index contributed by atoms with van der Waals surface area (Å²) in [4.78, 5) is 16.1. The largest absolute Gasteiger partial charge is 0.326 e. The molecule has 3 rings (SSSR count). The summed E-state index contributed by atoms with van der Waals surface area (Å²) < 4.78 is 1.19. The molecule has 0 unspecified atom stereocenters. The van der Waals surface area contributed by atoms with Gasteiger partial charge in [-0.15, -0.1) is 11.3 Å². The number of nitrogens with one attached hydrogen (secondary N) is 1. The van der Waals surface area contributed by atoms with Crippen LogP contribution in [0.2, 0.25) is 0 Å². The zero-order valence-corrected chi connectivity index (χ0v) is 16.2. The van der Waals surface area contributed by atoms with Gasteiger partial charge in [-0.25, -0.2) is 4.98 Å². The number of aromatic nitrogens is 1. The first kappa shape index (κ1) is 17.1. The molecule has 0 saturated heterocycles. The lowest BCUT2D eigenvalue weighted by Gasteiger charge is -2.09. The molecule has 1 heterocycles. The van der Waals surface area contributed by atoms with Gasteiger partial charge in [0.05, 0.1) is 0 Å². The van der Waals surface area contributed by atoms with Crippen molar-refractivity contribution in [2.75, 3.05) is 5.32 Å². The van der Waals surface area contributed by atoms with Gasteiger partial charge in [0.2, 0.25) is 5.91 Å². The maximum absolute atomic E-state index is 11.7. The predicted molar refractivity (Wildman–Crippen MR) is 109 cm³/mol. The van der Waals surface area contributed by atoms with Crippen LogP contribution in [-0.4, -0.2) is 10.9 Å². The molecule has 1 aromatic heterocycles. The van der Waals surface area contributed by atoms with Crippen LogP contribution in [0.1, 0.15) is 19.8 Å². The van der Waals surface area contributed by atoms with Crippen LogP contribution < -0.4 is 5.32 Å². The lowest BCUT2D eigenvalue weighted by molar-refractivity contribution is -0.116. The minimum absolute atomic E-state index is 0.0607. The molecule has 0 atom stereocenters. The molecule has 5 heteroatoms. The molecule has 122 valence electrons. The van der Waals surface area contributed by atoms with E-state index in [9.17, 15) is 4.79 Å². The number of carbonyl (C=O) groups is 1. The van der Waals surface area contributed by atoms with Gasteiger partial charge in [0, 0.05) is 32.8 Å². The van der Waals surface area contributed by atoms with Crippen LogP contribution in [0.25, 0.3) is 21.7 Å². The first-order valence-electron chi connectivity index (χ1n) is 7.77. The smallest absolute Gasteiger partial charge is 0.224 e. The standard InChI is InChI=1S/C19H17IN2OS/c1-2-3-18(23)22-15-7-4-13(5-8-15)16-12-14(6-9-17(16)20)19-21-10-11-24-19/h4-12H,2-3H2,1H3,(H,22,23). The van der Waals surface area contributed by atoms with E-state index in [4.69, 9.17) is 0 Å². The Kier molecular flexibility index (Phi) is 5.63. The fraction of sp³-hybridized carbons (Fsp3) is 0.158. The second-order valence-electron chi connectivity index (χ2n) is 5.41. The Balaban J connectivity index is 1.86. The van der Waals surface area contributed by atoms with E-state index >= 15 is 0 Å². The van der Waals surface area contributed by atoms with Crippen molar-refractivity contribution in [1.82, 2.24) is 4.98 Å². The number of carbonyl (C=O) groups excluding carboxylic acids is 1. The number of thiazole rings is 1. The highest BCUT2D eigenvalue weighted by Gasteiger charge is 2.08. The van der Waals surface area contributed by atoms with Crippen molar-refractivity contribution in [1.29, 1.82) is 0 Å². The third-order valence-electron chi connectivity index (χ3n) is 3.60. The summed E-state index contributed by atoms with van der Waals surface area (Å²) >= 11 is 3.99. The molecular weight excluding hydrogens is 431 g/mol. The molecule has 0 fully saturated rings. The Morgan fingerprint density at radius 2 is 1.92 bits per heavy atom. The quantitative estimate of drug-likeness (QED) is 0.500. The molecule has 1 amide bonds.